The Labute approximate surface area is 378 Å². The molecule has 9 aliphatic rings. The van der Waals surface area contributed by atoms with E-state index in [2.05, 4.69) is 192 Å². The molecular formula is C60H54BN3. The Bertz CT molecular complexity index is 3030. The molecule has 0 amide bonds. The van der Waals surface area contributed by atoms with Crippen LogP contribution in [0.3, 0.4) is 0 Å². The Kier molecular flexibility index (Phi) is 7.17. The van der Waals surface area contributed by atoms with E-state index in [1.54, 1.807) is 0 Å². The molecule has 7 atom stereocenters. The van der Waals surface area contributed by atoms with Crippen molar-refractivity contribution >= 4 is 62.9 Å². The molecule has 3 nitrogen and oxygen atoms in total. The Balaban J connectivity index is 1.09. The second-order valence-corrected chi connectivity index (χ2v) is 21.5. The van der Waals surface area contributed by atoms with Gasteiger partial charge in [0.05, 0.1) is 11.0 Å². The van der Waals surface area contributed by atoms with Gasteiger partial charge in [0.25, 0.3) is 6.71 Å². The molecule has 7 aromatic carbocycles. The zero-order valence-electron chi connectivity index (χ0n) is 37.1. The number of nitrogens with zero attached hydrogens (tertiary/aromatic N) is 3. The summed E-state index contributed by atoms with van der Waals surface area (Å²) in [6.45, 7) is 5.29. The second-order valence-electron chi connectivity index (χ2n) is 21.5. The van der Waals surface area contributed by atoms with E-state index < -0.39 is 5.41 Å². The number of hydrogen-bond acceptors (Lipinski definition) is 3. The van der Waals surface area contributed by atoms with Gasteiger partial charge in [0.1, 0.15) is 0 Å². The maximum absolute atomic E-state index is 3.00. The standard InChI is InChI=1S/C60H54BN3/c1-58-30-14-15-31-59(58,2)64(49-27-13-12-24-46(49)58)44-36-53-57-54(37-44)63(52-35-39-33-40-32-38(39)34-45(40)52)51-29-17-26-48-56(51)61(57)55-47(25-16-28-50(55)62(53)43-22-10-5-11-23-43)60(48,41-18-6-3-7-19-41)42-20-8-4-9-21-42/h3-13,16-29,36-40,45,52H,14-15,30-35H2,1-2H3. The van der Waals surface area contributed by atoms with Crippen molar-refractivity contribution in [1.82, 2.24) is 0 Å². The predicted octanol–water partition coefficient (Wildman–Crippen LogP) is 12.3. The maximum Gasteiger partial charge on any atom is 0.252 e. The van der Waals surface area contributed by atoms with Gasteiger partial charge < -0.3 is 14.7 Å². The van der Waals surface area contributed by atoms with Crippen LogP contribution >= 0.6 is 0 Å². The summed E-state index contributed by atoms with van der Waals surface area (Å²) in [5.74, 6) is 3.33. The van der Waals surface area contributed by atoms with E-state index in [-0.39, 0.29) is 17.7 Å². The smallest absolute Gasteiger partial charge is 0.252 e. The average Bonchev–Trinajstić information content (AvgIpc) is 3.98. The largest absolute Gasteiger partial charge is 0.339 e. The van der Waals surface area contributed by atoms with Crippen molar-refractivity contribution in [3.8, 4) is 0 Å². The first-order chi connectivity index (χ1) is 31.5. The summed E-state index contributed by atoms with van der Waals surface area (Å²) in [6, 6.07) is 64.4. The first-order valence-corrected chi connectivity index (χ1v) is 24.6. The molecule has 64 heavy (non-hydrogen) atoms. The minimum absolute atomic E-state index is 0.0429. The van der Waals surface area contributed by atoms with Gasteiger partial charge in [-0.15, -0.1) is 0 Å². The highest BCUT2D eigenvalue weighted by Gasteiger charge is 2.61. The van der Waals surface area contributed by atoms with E-state index in [9.17, 15) is 0 Å². The highest BCUT2D eigenvalue weighted by molar-refractivity contribution is 7.01. The summed E-state index contributed by atoms with van der Waals surface area (Å²) in [4.78, 5) is 8.53. The predicted molar refractivity (Wildman–Crippen MR) is 265 cm³/mol. The lowest BCUT2D eigenvalue weighted by atomic mass is 9.28. The summed E-state index contributed by atoms with van der Waals surface area (Å²) in [5.41, 5.74) is 20.6. The zero-order valence-corrected chi connectivity index (χ0v) is 37.1. The van der Waals surface area contributed by atoms with Gasteiger partial charge >= 0.3 is 0 Å². The Morgan fingerprint density at radius 1 is 0.469 bits per heavy atom. The van der Waals surface area contributed by atoms with Crippen LogP contribution in [0.4, 0.5) is 39.8 Å². The molecule has 0 aromatic heterocycles. The molecule has 5 saturated carbocycles. The minimum Gasteiger partial charge on any atom is -0.339 e. The van der Waals surface area contributed by atoms with Crippen LogP contribution in [0.15, 0.2) is 164 Å². The lowest BCUT2D eigenvalue weighted by Crippen LogP contribution is -2.69. The van der Waals surface area contributed by atoms with Crippen LogP contribution in [0.25, 0.3) is 0 Å². The van der Waals surface area contributed by atoms with E-state index in [1.807, 2.05) is 0 Å². The fraction of sp³-hybridized carbons (Fsp3) is 0.300. The van der Waals surface area contributed by atoms with Gasteiger partial charge in [-0.05, 0) is 156 Å². The van der Waals surface area contributed by atoms with Crippen LogP contribution in [-0.4, -0.2) is 18.3 Å². The molecule has 0 spiro atoms. The van der Waals surface area contributed by atoms with E-state index >= 15 is 0 Å². The molecule has 5 aliphatic carbocycles. The number of anilines is 7. The number of rotatable bonds is 5. The molecule has 5 fully saturated rings. The van der Waals surface area contributed by atoms with Crippen LogP contribution in [0.5, 0.6) is 0 Å². The van der Waals surface area contributed by atoms with Crippen molar-refractivity contribution < 1.29 is 0 Å². The topological polar surface area (TPSA) is 9.72 Å². The molecule has 16 rings (SSSR count). The molecule has 7 aromatic rings. The van der Waals surface area contributed by atoms with E-state index in [1.165, 1.54) is 135 Å². The van der Waals surface area contributed by atoms with Gasteiger partial charge in [-0.3, -0.25) is 0 Å². The van der Waals surface area contributed by atoms with E-state index in [0.29, 0.717) is 6.04 Å². The van der Waals surface area contributed by atoms with Crippen LogP contribution in [0, 0.1) is 23.7 Å². The first kappa shape index (κ1) is 36.4. The number of fused-ring (bicyclic) bond motifs is 4. The fourth-order valence-corrected chi connectivity index (χ4v) is 16.5. The van der Waals surface area contributed by atoms with Gasteiger partial charge in [-0.2, -0.15) is 0 Å². The maximum atomic E-state index is 3.00. The van der Waals surface area contributed by atoms with Gasteiger partial charge in [0.15, 0.2) is 0 Å². The average molecular weight is 828 g/mol. The van der Waals surface area contributed by atoms with Crippen molar-refractivity contribution in [2.24, 2.45) is 23.7 Å². The van der Waals surface area contributed by atoms with Crippen LogP contribution in [0.1, 0.15) is 93.0 Å². The minimum atomic E-state index is -0.509. The summed E-state index contributed by atoms with van der Waals surface area (Å²) in [6.07, 6.45) is 10.6. The molecule has 4 aliphatic heterocycles. The quantitative estimate of drug-likeness (QED) is 0.160. The fourth-order valence-electron chi connectivity index (χ4n) is 16.5. The lowest BCUT2D eigenvalue weighted by Gasteiger charge is -2.56. The molecule has 4 bridgehead atoms. The zero-order chi connectivity index (χ0) is 42.1. The molecule has 0 N–H and O–H groups in total. The van der Waals surface area contributed by atoms with Gasteiger partial charge in [-0.25, -0.2) is 0 Å². The summed E-state index contributed by atoms with van der Waals surface area (Å²) >= 11 is 0. The van der Waals surface area contributed by atoms with Crippen LogP contribution < -0.4 is 31.1 Å². The summed E-state index contributed by atoms with van der Waals surface area (Å²) in [5, 5.41) is 0. The number of para-hydroxylation sites is 2. The van der Waals surface area contributed by atoms with Crippen molar-refractivity contribution in [3.05, 3.63) is 192 Å². The third kappa shape index (κ3) is 4.28. The molecule has 4 heteroatoms. The summed E-state index contributed by atoms with van der Waals surface area (Å²) in [7, 11) is 0. The van der Waals surface area contributed by atoms with E-state index in [0.717, 1.165) is 23.7 Å². The SMILES string of the molecule is CC12CCCCC1(C)N(c1cc3c4c(c1)N(C1CC5CC6CC5CC61)c1cccc5c1B4c1c(cccc1C5(c1ccccc1)c1ccccc1)N3c1ccccc1)c1ccccc12. The molecule has 312 valence electrons. The molecule has 4 heterocycles. The van der Waals surface area contributed by atoms with Crippen LogP contribution in [0.2, 0.25) is 0 Å². The normalized spacial score (nSPS) is 28.9. The van der Waals surface area contributed by atoms with Crippen molar-refractivity contribution in [3.63, 3.8) is 0 Å². The van der Waals surface area contributed by atoms with E-state index in [4.69, 9.17) is 0 Å². The molecular weight excluding hydrogens is 773 g/mol. The third-order valence-electron chi connectivity index (χ3n) is 19.1. The molecule has 0 radical (unpaired) electrons. The van der Waals surface area contributed by atoms with Gasteiger partial charge in [0, 0.05) is 51.3 Å². The first-order valence-electron chi connectivity index (χ1n) is 24.6. The van der Waals surface area contributed by atoms with Gasteiger partial charge in [0.2, 0.25) is 0 Å². The highest BCUT2D eigenvalue weighted by Crippen LogP contribution is 2.64. The third-order valence-corrected chi connectivity index (χ3v) is 19.1. The lowest BCUT2D eigenvalue weighted by molar-refractivity contribution is 0.133. The number of benzene rings is 7. The van der Waals surface area contributed by atoms with Crippen molar-refractivity contribution in [1.29, 1.82) is 0 Å². The molecule has 7 unspecified atom stereocenters. The molecule has 0 saturated heterocycles. The van der Waals surface area contributed by atoms with Crippen LogP contribution in [-0.2, 0) is 10.8 Å². The van der Waals surface area contributed by atoms with Crippen molar-refractivity contribution in [2.45, 2.75) is 87.6 Å². The Morgan fingerprint density at radius 2 is 1.05 bits per heavy atom. The monoisotopic (exact) mass is 827 g/mol. The highest BCUT2D eigenvalue weighted by atomic mass is 15.3. The second kappa shape index (κ2) is 12.6. The summed E-state index contributed by atoms with van der Waals surface area (Å²) < 4.78 is 0. The number of hydrogen-bond donors (Lipinski definition) is 0. The Hall–Kier alpha value is -6.00. The Morgan fingerprint density at radius 3 is 1.73 bits per heavy atom. The van der Waals surface area contributed by atoms with Crippen molar-refractivity contribution in [2.75, 3.05) is 14.7 Å². The van der Waals surface area contributed by atoms with Gasteiger partial charge in [-0.1, -0.05) is 141 Å².